The summed E-state index contributed by atoms with van der Waals surface area (Å²) in [6.45, 7) is 6.62. The Morgan fingerprint density at radius 2 is 1.73 bits per heavy atom. The number of halogens is 1. The molecular formula is C19H25ClN4O2. The quantitative estimate of drug-likeness (QED) is 0.746. The molecule has 0 aliphatic rings. The third kappa shape index (κ3) is 6.37. The van der Waals surface area contributed by atoms with Gasteiger partial charge in [-0.1, -0.05) is 32.9 Å². The van der Waals surface area contributed by atoms with Crippen molar-refractivity contribution in [1.82, 2.24) is 10.3 Å². The van der Waals surface area contributed by atoms with Gasteiger partial charge in [0.2, 0.25) is 5.91 Å². The Hall–Kier alpha value is -2.60. The minimum absolute atomic E-state index is 0. The van der Waals surface area contributed by atoms with E-state index in [9.17, 15) is 9.59 Å². The average Bonchev–Trinajstić information content (AvgIpc) is 2.56. The predicted molar refractivity (Wildman–Crippen MR) is 107 cm³/mol. The molecule has 0 atom stereocenters. The van der Waals surface area contributed by atoms with Crippen molar-refractivity contribution in [3.05, 3.63) is 53.7 Å². The van der Waals surface area contributed by atoms with Crippen molar-refractivity contribution in [2.45, 2.75) is 32.6 Å². The van der Waals surface area contributed by atoms with Crippen LogP contribution in [0.25, 0.3) is 0 Å². The molecule has 140 valence electrons. The van der Waals surface area contributed by atoms with Gasteiger partial charge in [-0.15, -0.1) is 12.4 Å². The second-order valence-corrected chi connectivity index (χ2v) is 6.85. The van der Waals surface area contributed by atoms with Gasteiger partial charge in [0.05, 0.1) is 11.9 Å². The summed E-state index contributed by atoms with van der Waals surface area (Å²) in [6.07, 6.45) is 1.67. The Morgan fingerprint density at radius 3 is 2.27 bits per heavy atom. The van der Waals surface area contributed by atoms with Crippen LogP contribution in [0.4, 0.5) is 11.5 Å². The van der Waals surface area contributed by atoms with E-state index in [2.05, 4.69) is 36.4 Å². The van der Waals surface area contributed by atoms with Gasteiger partial charge in [0.1, 0.15) is 5.82 Å². The molecule has 1 aromatic heterocycles. The maximum atomic E-state index is 12.1. The van der Waals surface area contributed by atoms with Crippen molar-refractivity contribution in [3.63, 3.8) is 0 Å². The van der Waals surface area contributed by atoms with Gasteiger partial charge in [0.25, 0.3) is 5.91 Å². The summed E-state index contributed by atoms with van der Waals surface area (Å²) in [7, 11) is 0. The summed E-state index contributed by atoms with van der Waals surface area (Å²) in [6, 6.07) is 10.8. The van der Waals surface area contributed by atoms with Crippen molar-refractivity contribution in [2.75, 3.05) is 17.6 Å². The van der Waals surface area contributed by atoms with E-state index < -0.39 is 0 Å². The SMILES string of the molecule is CC(C)(C)c1ccc(C(=O)NCCC(=O)Nc2ccc(N)nc2)cc1.Cl. The number of nitrogens with zero attached hydrogens (tertiary/aromatic N) is 1. The molecule has 1 aromatic carbocycles. The number of amides is 2. The number of carbonyl (C=O) groups excluding carboxylic acids is 2. The van der Waals surface area contributed by atoms with E-state index in [1.54, 1.807) is 24.3 Å². The van der Waals surface area contributed by atoms with Crippen LogP contribution in [0.2, 0.25) is 0 Å². The third-order valence-electron chi connectivity index (χ3n) is 3.72. The van der Waals surface area contributed by atoms with E-state index in [1.165, 1.54) is 11.8 Å². The maximum absolute atomic E-state index is 12.1. The Morgan fingerprint density at radius 1 is 1.08 bits per heavy atom. The molecule has 7 heteroatoms. The number of nitrogens with two attached hydrogens (primary N) is 1. The maximum Gasteiger partial charge on any atom is 0.251 e. The molecule has 0 unspecified atom stereocenters. The largest absolute Gasteiger partial charge is 0.384 e. The van der Waals surface area contributed by atoms with Crippen LogP contribution in [0.1, 0.15) is 43.1 Å². The predicted octanol–water partition coefficient (Wildman–Crippen LogP) is 3.14. The molecule has 6 nitrogen and oxygen atoms in total. The van der Waals surface area contributed by atoms with Gasteiger partial charge >= 0.3 is 0 Å². The Labute approximate surface area is 160 Å². The molecule has 0 aliphatic heterocycles. The number of rotatable bonds is 5. The Kier molecular flexibility index (Phi) is 7.58. The highest BCUT2D eigenvalue weighted by atomic mass is 35.5. The smallest absolute Gasteiger partial charge is 0.251 e. The number of anilines is 2. The summed E-state index contributed by atoms with van der Waals surface area (Å²) in [5, 5.41) is 5.45. The van der Waals surface area contributed by atoms with Gasteiger partial charge in [-0.2, -0.15) is 0 Å². The summed E-state index contributed by atoms with van der Waals surface area (Å²) in [5.74, 6) is 0.0000962. The number of benzene rings is 1. The molecule has 1 heterocycles. The summed E-state index contributed by atoms with van der Waals surface area (Å²) in [5.41, 5.74) is 7.85. The molecule has 2 rings (SSSR count). The van der Waals surface area contributed by atoms with Crippen LogP contribution in [-0.2, 0) is 10.2 Å². The van der Waals surface area contributed by atoms with Crippen LogP contribution in [-0.4, -0.2) is 23.3 Å². The third-order valence-corrected chi connectivity index (χ3v) is 3.72. The Bertz CT molecular complexity index is 738. The molecular weight excluding hydrogens is 352 g/mol. The van der Waals surface area contributed by atoms with Gasteiger partial charge in [-0.25, -0.2) is 4.98 Å². The molecule has 2 amide bonds. The fourth-order valence-electron chi connectivity index (χ4n) is 2.22. The number of aromatic nitrogens is 1. The Balaban J connectivity index is 0.00000338. The fourth-order valence-corrected chi connectivity index (χ4v) is 2.22. The first-order valence-electron chi connectivity index (χ1n) is 8.16. The van der Waals surface area contributed by atoms with Crippen molar-refractivity contribution >= 4 is 35.7 Å². The van der Waals surface area contributed by atoms with E-state index in [4.69, 9.17) is 5.73 Å². The van der Waals surface area contributed by atoms with Crippen LogP contribution in [0.5, 0.6) is 0 Å². The number of nitrogens with one attached hydrogen (secondary N) is 2. The topological polar surface area (TPSA) is 97.1 Å². The van der Waals surface area contributed by atoms with E-state index in [-0.39, 0.29) is 42.6 Å². The van der Waals surface area contributed by atoms with Crippen LogP contribution in [0, 0.1) is 0 Å². The molecule has 4 N–H and O–H groups in total. The highest BCUT2D eigenvalue weighted by molar-refractivity contribution is 5.95. The lowest BCUT2D eigenvalue weighted by molar-refractivity contribution is -0.116. The van der Waals surface area contributed by atoms with Gasteiger partial charge in [0.15, 0.2) is 0 Å². The van der Waals surface area contributed by atoms with E-state index in [0.29, 0.717) is 17.1 Å². The first-order chi connectivity index (χ1) is 11.8. The monoisotopic (exact) mass is 376 g/mol. The molecule has 0 spiro atoms. The normalized spacial score (nSPS) is 10.6. The van der Waals surface area contributed by atoms with Crippen molar-refractivity contribution < 1.29 is 9.59 Å². The number of pyridine rings is 1. The lowest BCUT2D eigenvalue weighted by atomic mass is 9.87. The molecule has 26 heavy (non-hydrogen) atoms. The molecule has 2 aromatic rings. The van der Waals surface area contributed by atoms with Crippen LogP contribution < -0.4 is 16.4 Å². The van der Waals surface area contributed by atoms with Gasteiger partial charge in [0, 0.05) is 18.5 Å². The zero-order valence-electron chi connectivity index (χ0n) is 15.2. The van der Waals surface area contributed by atoms with Crippen LogP contribution in [0.15, 0.2) is 42.6 Å². The summed E-state index contributed by atoms with van der Waals surface area (Å²) >= 11 is 0. The van der Waals surface area contributed by atoms with Crippen LogP contribution >= 0.6 is 12.4 Å². The fraction of sp³-hybridized carbons (Fsp3) is 0.316. The second kappa shape index (κ2) is 9.20. The number of carbonyl (C=O) groups is 2. The molecule has 0 saturated carbocycles. The molecule has 0 bridgehead atoms. The minimum Gasteiger partial charge on any atom is -0.384 e. The minimum atomic E-state index is -0.199. The molecule has 0 fully saturated rings. The number of hydrogen-bond donors (Lipinski definition) is 3. The van der Waals surface area contributed by atoms with E-state index in [0.717, 1.165) is 0 Å². The zero-order chi connectivity index (χ0) is 18.4. The van der Waals surface area contributed by atoms with Crippen molar-refractivity contribution in [1.29, 1.82) is 0 Å². The zero-order valence-corrected chi connectivity index (χ0v) is 16.0. The number of nitrogen functional groups attached to an aromatic ring is 1. The lowest BCUT2D eigenvalue weighted by Gasteiger charge is -2.19. The van der Waals surface area contributed by atoms with Crippen LogP contribution in [0.3, 0.4) is 0 Å². The highest BCUT2D eigenvalue weighted by Crippen LogP contribution is 2.22. The van der Waals surface area contributed by atoms with Crippen molar-refractivity contribution in [2.24, 2.45) is 0 Å². The standard InChI is InChI=1S/C19H24N4O2.ClH/c1-19(2,3)14-6-4-13(5-7-14)18(25)21-11-10-17(24)23-15-8-9-16(20)22-12-15;/h4-9,12H,10-11H2,1-3H3,(H2,20,22)(H,21,25)(H,23,24);1H. The lowest BCUT2D eigenvalue weighted by Crippen LogP contribution is -2.27. The van der Waals surface area contributed by atoms with Crippen molar-refractivity contribution in [3.8, 4) is 0 Å². The van der Waals surface area contributed by atoms with E-state index in [1.807, 2.05) is 12.1 Å². The average molecular weight is 377 g/mol. The van der Waals surface area contributed by atoms with E-state index >= 15 is 0 Å². The number of hydrogen-bond acceptors (Lipinski definition) is 4. The van der Waals surface area contributed by atoms with Gasteiger partial charge < -0.3 is 16.4 Å². The molecule has 0 radical (unpaired) electrons. The first kappa shape index (κ1) is 21.4. The summed E-state index contributed by atoms with van der Waals surface area (Å²) in [4.78, 5) is 27.9. The molecule has 0 aliphatic carbocycles. The second-order valence-electron chi connectivity index (χ2n) is 6.85. The summed E-state index contributed by atoms with van der Waals surface area (Å²) < 4.78 is 0. The van der Waals surface area contributed by atoms with Gasteiger partial charge in [-0.05, 0) is 35.2 Å². The molecule has 0 saturated heterocycles. The highest BCUT2D eigenvalue weighted by Gasteiger charge is 2.14. The van der Waals surface area contributed by atoms with Gasteiger partial charge in [-0.3, -0.25) is 9.59 Å². The first-order valence-corrected chi connectivity index (χ1v) is 8.16.